The fourth-order valence-corrected chi connectivity index (χ4v) is 1.37. The molecule has 12 heavy (non-hydrogen) atoms. The Bertz CT molecular complexity index is 216. The van der Waals surface area contributed by atoms with Gasteiger partial charge in [0.2, 0.25) is 0 Å². The molecule has 0 heterocycles. The van der Waals surface area contributed by atoms with Crippen LogP contribution in [0.15, 0.2) is 29.0 Å². The zero-order valence-corrected chi connectivity index (χ0v) is 7.66. The highest BCUT2D eigenvalue weighted by atomic mass is 16.3. The fraction of sp³-hybridized carbons (Fsp3) is 0.600. The first-order chi connectivity index (χ1) is 5.74. The van der Waals surface area contributed by atoms with Gasteiger partial charge in [0.25, 0.3) is 0 Å². The summed E-state index contributed by atoms with van der Waals surface area (Å²) in [6, 6.07) is 0. The Kier molecular flexibility index (Phi) is 3.20. The molecule has 0 radical (unpaired) electrons. The lowest BCUT2D eigenvalue weighted by Gasteiger charge is -2.18. The number of hydrogen-bond donors (Lipinski definition) is 0. The zero-order valence-electron chi connectivity index (χ0n) is 7.66. The van der Waals surface area contributed by atoms with Crippen molar-refractivity contribution in [2.45, 2.75) is 20.3 Å². The van der Waals surface area contributed by atoms with Crippen LogP contribution in [0.2, 0.25) is 0 Å². The van der Waals surface area contributed by atoms with Crippen molar-refractivity contribution in [3.63, 3.8) is 0 Å². The van der Waals surface area contributed by atoms with Crippen molar-refractivity contribution in [3.05, 3.63) is 28.7 Å². The third-order valence-electron chi connectivity index (χ3n) is 2.31. The van der Waals surface area contributed by atoms with Gasteiger partial charge in [0.1, 0.15) is 6.54 Å². The van der Waals surface area contributed by atoms with E-state index in [0.717, 1.165) is 12.0 Å². The van der Waals surface area contributed by atoms with Gasteiger partial charge in [-0.3, -0.25) is 0 Å². The maximum absolute atomic E-state index is 9.96. The molecule has 0 aromatic carbocycles. The van der Waals surface area contributed by atoms with Crippen molar-refractivity contribution in [2.24, 2.45) is 17.0 Å². The topological polar surface area (TPSA) is 29.4 Å². The molecule has 0 N–H and O–H groups in total. The average molecular weight is 165 g/mol. The smallest absolute Gasteiger partial charge is 0.106 e. The molecule has 0 aliphatic heterocycles. The lowest BCUT2D eigenvalue weighted by molar-refractivity contribution is 0.466. The molecule has 0 fully saturated rings. The Labute approximate surface area is 73.3 Å². The van der Waals surface area contributed by atoms with Gasteiger partial charge in [0.05, 0.1) is 0 Å². The highest BCUT2D eigenvalue weighted by Crippen LogP contribution is 2.23. The molecular formula is C10H15NO. The van der Waals surface area contributed by atoms with E-state index in [2.05, 4.69) is 31.2 Å². The summed E-state index contributed by atoms with van der Waals surface area (Å²) in [5.74, 6) is 1.32. The van der Waals surface area contributed by atoms with E-state index >= 15 is 0 Å². The summed E-state index contributed by atoms with van der Waals surface area (Å²) in [4.78, 5) is 9.96. The van der Waals surface area contributed by atoms with Gasteiger partial charge >= 0.3 is 0 Å². The van der Waals surface area contributed by atoms with Crippen LogP contribution in [0.1, 0.15) is 20.3 Å². The largest absolute Gasteiger partial charge is 0.150 e. The molecule has 0 saturated carbocycles. The molecule has 66 valence electrons. The van der Waals surface area contributed by atoms with Gasteiger partial charge in [-0.25, -0.2) is 0 Å². The Morgan fingerprint density at radius 2 is 2.42 bits per heavy atom. The Morgan fingerprint density at radius 3 is 2.83 bits per heavy atom. The van der Waals surface area contributed by atoms with Crippen LogP contribution in [0.25, 0.3) is 0 Å². The molecule has 0 aromatic heterocycles. The van der Waals surface area contributed by atoms with Crippen LogP contribution in [0.3, 0.4) is 0 Å². The van der Waals surface area contributed by atoms with Gasteiger partial charge < -0.3 is 0 Å². The van der Waals surface area contributed by atoms with Crippen molar-refractivity contribution in [1.29, 1.82) is 0 Å². The number of allylic oxidation sites excluding steroid dienone is 2. The summed E-state index contributed by atoms with van der Waals surface area (Å²) >= 11 is 0. The molecule has 1 aliphatic carbocycles. The molecular weight excluding hydrogens is 150 g/mol. The average Bonchev–Trinajstić information content (AvgIpc) is 2.06. The minimum Gasteiger partial charge on any atom is -0.150 e. The normalized spacial score (nSPS) is 22.6. The molecule has 0 spiro atoms. The van der Waals surface area contributed by atoms with Gasteiger partial charge in [-0.15, -0.1) is 0 Å². The monoisotopic (exact) mass is 165 g/mol. The van der Waals surface area contributed by atoms with E-state index in [0.29, 0.717) is 18.4 Å². The Balaban J connectivity index is 2.49. The van der Waals surface area contributed by atoms with Crippen LogP contribution in [0.4, 0.5) is 0 Å². The van der Waals surface area contributed by atoms with E-state index in [4.69, 9.17) is 0 Å². The standard InChI is InChI=1S/C10H15NO/c1-8(2)10-5-3-9(4-6-10)7-11-12/h3-5,8,10H,6-7H2,1-2H3. The molecule has 0 saturated heterocycles. The summed E-state index contributed by atoms with van der Waals surface area (Å²) in [7, 11) is 0. The first-order valence-corrected chi connectivity index (χ1v) is 4.40. The van der Waals surface area contributed by atoms with E-state index in [-0.39, 0.29) is 0 Å². The maximum atomic E-state index is 9.96. The molecule has 1 aliphatic rings. The second-order valence-corrected chi connectivity index (χ2v) is 3.57. The summed E-state index contributed by atoms with van der Waals surface area (Å²) in [6.07, 6.45) is 7.38. The molecule has 1 rings (SSSR count). The predicted molar refractivity (Wildman–Crippen MR) is 50.8 cm³/mol. The van der Waals surface area contributed by atoms with Crippen molar-refractivity contribution in [2.75, 3.05) is 6.54 Å². The first kappa shape index (κ1) is 9.17. The van der Waals surface area contributed by atoms with Crippen LogP contribution >= 0.6 is 0 Å². The predicted octanol–water partition coefficient (Wildman–Crippen LogP) is 2.91. The molecule has 0 bridgehead atoms. The van der Waals surface area contributed by atoms with E-state index in [9.17, 15) is 4.91 Å². The molecule has 1 unspecified atom stereocenters. The van der Waals surface area contributed by atoms with E-state index in [1.54, 1.807) is 0 Å². The molecule has 0 aromatic rings. The third kappa shape index (κ3) is 2.29. The summed E-state index contributed by atoms with van der Waals surface area (Å²) in [5.41, 5.74) is 1.06. The summed E-state index contributed by atoms with van der Waals surface area (Å²) < 4.78 is 0. The number of rotatable bonds is 3. The quantitative estimate of drug-likeness (QED) is 0.591. The van der Waals surface area contributed by atoms with Gasteiger partial charge in [-0.05, 0) is 23.8 Å². The highest BCUT2D eigenvalue weighted by molar-refractivity contribution is 5.25. The zero-order chi connectivity index (χ0) is 8.97. The van der Waals surface area contributed by atoms with Gasteiger partial charge in [0.15, 0.2) is 0 Å². The van der Waals surface area contributed by atoms with E-state index in [1.807, 2.05) is 6.08 Å². The molecule has 0 amide bonds. The van der Waals surface area contributed by atoms with E-state index < -0.39 is 0 Å². The van der Waals surface area contributed by atoms with Crippen LogP contribution in [0.5, 0.6) is 0 Å². The lowest BCUT2D eigenvalue weighted by atomic mass is 9.88. The Hall–Kier alpha value is -0.920. The number of nitroso groups, excluding NO2 is 1. The summed E-state index contributed by atoms with van der Waals surface area (Å²) in [6.45, 7) is 4.75. The van der Waals surface area contributed by atoms with Crippen molar-refractivity contribution < 1.29 is 0 Å². The van der Waals surface area contributed by atoms with E-state index in [1.165, 1.54) is 0 Å². The third-order valence-corrected chi connectivity index (χ3v) is 2.31. The van der Waals surface area contributed by atoms with Crippen molar-refractivity contribution in [3.8, 4) is 0 Å². The second-order valence-electron chi connectivity index (χ2n) is 3.57. The second kappa shape index (κ2) is 4.19. The van der Waals surface area contributed by atoms with Gasteiger partial charge in [-0.1, -0.05) is 37.3 Å². The minimum absolute atomic E-state index is 0.321. The van der Waals surface area contributed by atoms with Crippen LogP contribution in [0, 0.1) is 16.7 Å². The first-order valence-electron chi connectivity index (χ1n) is 4.40. The summed E-state index contributed by atoms with van der Waals surface area (Å²) in [5, 5.41) is 2.86. The number of hydrogen-bond acceptors (Lipinski definition) is 2. The minimum atomic E-state index is 0.321. The fourth-order valence-electron chi connectivity index (χ4n) is 1.37. The Morgan fingerprint density at radius 1 is 1.67 bits per heavy atom. The van der Waals surface area contributed by atoms with Gasteiger partial charge in [0, 0.05) is 0 Å². The molecule has 2 heteroatoms. The highest BCUT2D eigenvalue weighted by Gasteiger charge is 2.11. The van der Waals surface area contributed by atoms with Crippen LogP contribution in [-0.2, 0) is 0 Å². The van der Waals surface area contributed by atoms with Gasteiger partial charge in [-0.2, -0.15) is 4.91 Å². The lowest BCUT2D eigenvalue weighted by Crippen LogP contribution is -2.07. The SMILES string of the molecule is CC(C)C1C=CC(CN=O)=CC1. The number of nitrogens with zero attached hydrogens (tertiary/aromatic N) is 1. The van der Waals surface area contributed by atoms with Crippen molar-refractivity contribution in [1.82, 2.24) is 0 Å². The van der Waals surface area contributed by atoms with Crippen LogP contribution < -0.4 is 0 Å². The van der Waals surface area contributed by atoms with Crippen LogP contribution in [-0.4, -0.2) is 6.54 Å². The maximum Gasteiger partial charge on any atom is 0.106 e. The van der Waals surface area contributed by atoms with Crippen molar-refractivity contribution >= 4 is 0 Å². The molecule has 1 atom stereocenters. The molecule has 2 nitrogen and oxygen atoms in total.